The number of aromatic nitrogens is 1. The first-order valence-electron chi connectivity index (χ1n) is 9.09. The number of carbonyl (C=O) groups is 1. The Morgan fingerprint density at radius 1 is 1.29 bits per heavy atom. The van der Waals surface area contributed by atoms with Gasteiger partial charge in [-0.25, -0.2) is 17.9 Å². The number of anilines is 1. The highest BCUT2D eigenvalue weighted by molar-refractivity contribution is 7.94. The molecule has 0 spiro atoms. The minimum Gasteiger partial charge on any atom is -0.477 e. The quantitative estimate of drug-likeness (QED) is 0.660. The minimum absolute atomic E-state index is 0.0371. The fraction of sp³-hybridized carbons (Fsp3) is 0.500. The van der Waals surface area contributed by atoms with E-state index in [-0.39, 0.29) is 22.6 Å². The summed E-state index contributed by atoms with van der Waals surface area (Å²) in [5.41, 5.74) is 7.50. The third-order valence-corrected chi connectivity index (χ3v) is 5.44. The highest BCUT2D eigenvalue weighted by Gasteiger charge is 2.28. The van der Waals surface area contributed by atoms with E-state index in [0.717, 1.165) is 11.8 Å². The van der Waals surface area contributed by atoms with Gasteiger partial charge < -0.3 is 15.8 Å². The van der Waals surface area contributed by atoms with Gasteiger partial charge in [-0.2, -0.15) is 0 Å². The lowest BCUT2D eigenvalue weighted by Crippen LogP contribution is -2.38. The molecule has 1 aromatic heterocycles. The van der Waals surface area contributed by atoms with Crippen LogP contribution in [0.3, 0.4) is 0 Å². The summed E-state index contributed by atoms with van der Waals surface area (Å²) in [7, 11) is -4.26. The van der Waals surface area contributed by atoms with Crippen LogP contribution in [0.15, 0.2) is 28.4 Å². The van der Waals surface area contributed by atoms with Crippen LogP contribution in [-0.2, 0) is 14.8 Å². The second kappa shape index (κ2) is 9.05. The van der Waals surface area contributed by atoms with Crippen molar-refractivity contribution in [2.24, 2.45) is 10.7 Å². The van der Waals surface area contributed by atoms with Gasteiger partial charge >= 0.3 is 6.03 Å². The molecule has 2 heterocycles. The van der Waals surface area contributed by atoms with E-state index in [2.05, 4.69) is 15.3 Å². The topological polar surface area (TPSA) is 136 Å². The maximum atomic E-state index is 12.6. The molecule has 2 amide bonds. The van der Waals surface area contributed by atoms with E-state index in [1.165, 1.54) is 0 Å². The van der Waals surface area contributed by atoms with Crippen LogP contribution < -0.4 is 15.8 Å². The predicted molar refractivity (Wildman–Crippen MR) is 109 cm³/mol. The van der Waals surface area contributed by atoms with Gasteiger partial charge in [0.05, 0.1) is 18.0 Å². The Hall–Kier alpha value is -2.62. The number of ether oxygens (including phenoxy) is 1. The van der Waals surface area contributed by atoms with E-state index in [9.17, 15) is 13.2 Å². The number of nitrogens with two attached hydrogens (primary N) is 1. The van der Waals surface area contributed by atoms with Crippen LogP contribution in [0.4, 0.5) is 10.5 Å². The van der Waals surface area contributed by atoms with Gasteiger partial charge in [-0.15, -0.1) is 0 Å². The Bertz CT molecular complexity index is 865. The Balaban J connectivity index is 2.27. The maximum Gasteiger partial charge on any atom is 0.333 e. The molecule has 1 aliphatic rings. The molecule has 4 N–H and O–H groups in total. The van der Waals surface area contributed by atoms with Crippen molar-refractivity contribution in [2.45, 2.75) is 46.0 Å². The number of urea groups is 1. The van der Waals surface area contributed by atoms with E-state index >= 15 is 0 Å². The molecular weight excluding hydrogens is 382 g/mol. The molecule has 28 heavy (non-hydrogen) atoms. The molecule has 0 fully saturated rings. The predicted octanol–water partition coefficient (Wildman–Crippen LogP) is 2.40. The molecule has 10 heteroatoms. The number of rotatable bonds is 6. The molecule has 0 saturated heterocycles. The van der Waals surface area contributed by atoms with Crippen molar-refractivity contribution < 1.29 is 17.9 Å². The van der Waals surface area contributed by atoms with Crippen molar-refractivity contribution in [2.75, 3.05) is 18.5 Å². The van der Waals surface area contributed by atoms with Crippen LogP contribution in [-0.4, -0.2) is 38.5 Å². The number of amides is 2. The van der Waals surface area contributed by atoms with E-state index < -0.39 is 16.1 Å². The standard InChI is InChI=1S/C18H27N5O4S/c1-11(2)13-6-8-20-15(12(3)4)16(13)22-18(24)23-28(25,26)14(10-19)17-21-7-5-9-27-17/h6,8,10-12H,5,7,9,19H2,1-4H3,(H2,22,23,24). The van der Waals surface area contributed by atoms with Gasteiger partial charge in [0.25, 0.3) is 10.0 Å². The van der Waals surface area contributed by atoms with Crippen molar-refractivity contribution in [3.05, 3.63) is 34.6 Å². The monoisotopic (exact) mass is 409 g/mol. The molecule has 154 valence electrons. The third-order valence-electron chi connectivity index (χ3n) is 4.10. The lowest BCUT2D eigenvalue weighted by Gasteiger charge is -2.20. The maximum absolute atomic E-state index is 12.6. The van der Waals surface area contributed by atoms with Crippen molar-refractivity contribution in [3.8, 4) is 0 Å². The van der Waals surface area contributed by atoms with Gasteiger partial charge in [-0.3, -0.25) is 9.98 Å². The molecule has 1 aromatic rings. The minimum atomic E-state index is -4.26. The van der Waals surface area contributed by atoms with Crippen LogP contribution >= 0.6 is 0 Å². The van der Waals surface area contributed by atoms with Crippen LogP contribution in [0.1, 0.15) is 57.2 Å². The number of hydrogen-bond acceptors (Lipinski definition) is 7. The molecule has 0 aromatic carbocycles. The highest BCUT2D eigenvalue weighted by atomic mass is 32.2. The second-order valence-corrected chi connectivity index (χ2v) is 8.60. The van der Waals surface area contributed by atoms with Gasteiger partial charge in [0.15, 0.2) is 4.91 Å². The first-order valence-corrected chi connectivity index (χ1v) is 10.6. The summed E-state index contributed by atoms with van der Waals surface area (Å²) in [6, 6.07) is 0.892. The highest BCUT2D eigenvalue weighted by Crippen LogP contribution is 2.30. The van der Waals surface area contributed by atoms with Gasteiger partial charge in [0.2, 0.25) is 5.90 Å². The van der Waals surface area contributed by atoms with Gasteiger partial charge in [-0.05, 0) is 23.5 Å². The van der Waals surface area contributed by atoms with Crippen molar-refractivity contribution in [1.29, 1.82) is 0 Å². The normalized spacial score (nSPS) is 15.2. The van der Waals surface area contributed by atoms with Gasteiger partial charge in [0.1, 0.15) is 0 Å². The zero-order valence-corrected chi connectivity index (χ0v) is 17.3. The first-order chi connectivity index (χ1) is 13.2. The van der Waals surface area contributed by atoms with Crippen LogP contribution in [0.2, 0.25) is 0 Å². The van der Waals surface area contributed by atoms with Gasteiger partial charge in [0, 0.05) is 25.4 Å². The summed E-state index contributed by atoms with van der Waals surface area (Å²) in [6.07, 6.45) is 3.23. The average Bonchev–Trinajstić information content (AvgIpc) is 2.62. The molecule has 0 saturated carbocycles. The zero-order chi connectivity index (χ0) is 20.9. The van der Waals surface area contributed by atoms with Crippen LogP contribution in [0.25, 0.3) is 0 Å². The lowest BCUT2D eigenvalue weighted by atomic mass is 9.97. The number of nitrogens with zero attached hydrogens (tertiary/aromatic N) is 2. The number of nitrogens with one attached hydrogen (secondary N) is 2. The first kappa shape index (κ1) is 21.7. The zero-order valence-electron chi connectivity index (χ0n) is 16.5. The van der Waals surface area contributed by atoms with Crippen molar-refractivity contribution >= 4 is 27.6 Å². The molecule has 0 atom stereocenters. The SMILES string of the molecule is CC(C)c1ccnc(C(C)C)c1NC(=O)NS(=O)(=O)C(=CN)C1=NCCCO1. The smallest absolute Gasteiger partial charge is 0.333 e. The summed E-state index contributed by atoms with van der Waals surface area (Å²) in [5.74, 6) is 0.0492. The van der Waals surface area contributed by atoms with E-state index in [0.29, 0.717) is 31.0 Å². The molecule has 0 bridgehead atoms. The van der Waals surface area contributed by atoms with E-state index in [1.54, 1.807) is 12.3 Å². The summed E-state index contributed by atoms with van der Waals surface area (Å²) >= 11 is 0. The number of sulfonamides is 1. The van der Waals surface area contributed by atoms with Crippen molar-refractivity contribution in [1.82, 2.24) is 9.71 Å². The second-order valence-electron chi connectivity index (χ2n) is 6.95. The summed E-state index contributed by atoms with van der Waals surface area (Å²) < 4.78 is 32.4. The van der Waals surface area contributed by atoms with Crippen molar-refractivity contribution in [3.63, 3.8) is 0 Å². The molecule has 9 nitrogen and oxygen atoms in total. The third kappa shape index (κ3) is 5.00. The number of carbonyl (C=O) groups excluding carboxylic acids is 1. The summed E-state index contributed by atoms with van der Waals surface area (Å²) in [5, 5.41) is 2.64. The fourth-order valence-electron chi connectivity index (χ4n) is 2.75. The van der Waals surface area contributed by atoms with E-state index in [4.69, 9.17) is 10.5 Å². The largest absolute Gasteiger partial charge is 0.477 e. The summed E-state index contributed by atoms with van der Waals surface area (Å²) in [4.78, 5) is 20.5. The number of hydrogen-bond donors (Lipinski definition) is 3. The fourth-order valence-corrected chi connectivity index (χ4v) is 3.69. The Labute approximate surface area is 165 Å². The lowest BCUT2D eigenvalue weighted by molar-refractivity contribution is 0.256. The molecule has 0 aliphatic carbocycles. The Morgan fingerprint density at radius 2 is 2.00 bits per heavy atom. The number of pyridine rings is 1. The molecular formula is C18H27N5O4S. The van der Waals surface area contributed by atoms with Crippen LogP contribution in [0, 0.1) is 0 Å². The average molecular weight is 410 g/mol. The molecule has 0 unspecified atom stereocenters. The summed E-state index contributed by atoms with van der Waals surface area (Å²) in [6.45, 7) is 8.61. The van der Waals surface area contributed by atoms with Crippen LogP contribution in [0.5, 0.6) is 0 Å². The number of aliphatic imine (C=N–C) groups is 1. The molecule has 0 radical (unpaired) electrons. The molecule has 2 rings (SSSR count). The van der Waals surface area contributed by atoms with Gasteiger partial charge in [-0.1, -0.05) is 27.7 Å². The molecule has 1 aliphatic heterocycles. The Morgan fingerprint density at radius 3 is 2.54 bits per heavy atom. The van der Waals surface area contributed by atoms with E-state index in [1.807, 2.05) is 32.4 Å². The Kier molecular flexibility index (Phi) is 7.00.